The Bertz CT molecular complexity index is 1170. The van der Waals surface area contributed by atoms with E-state index < -0.39 is 5.92 Å². The number of fused-ring (bicyclic) bond motifs is 1. The predicted octanol–water partition coefficient (Wildman–Crippen LogP) is 6.00. The zero-order chi connectivity index (χ0) is 25.6. The van der Waals surface area contributed by atoms with E-state index >= 15 is 0 Å². The van der Waals surface area contributed by atoms with Gasteiger partial charge in [0.2, 0.25) is 5.91 Å². The van der Waals surface area contributed by atoms with Crippen molar-refractivity contribution < 1.29 is 9.59 Å². The molecule has 3 aromatic rings. The highest BCUT2D eigenvalue weighted by molar-refractivity contribution is 7.10. The van der Waals surface area contributed by atoms with Gasteiger partial charge in [0.1, 0.15) is 0 Å². The van der Waals surface area contributed by atoms with Crippen LogP contribution >= 0.6 is 11.3 Å². The number of hydrogen-bond donors (Lipinski definition) is 1. The van der Waals surface area contributed by atoms with Crippen LogP contribution in [0.5, 0.6) is 0 Å². The second-order valence-electron chi connectivity index (χ2n) is 10.2. The van der Waals surface area contributed by atoms with E-state index in [0.717, 1.165) is 62.2 Å². The van der Waals surface area contributed by atoms with E-state index in [1.54, 1.807) is 11.3 Å². The van der Waals surface area contributed by atoms with E-state index in [1.165, 1.54) is 5.56 Å². The molecule has 0 saturated heterocycles. The molecule has 2 amide bonds. The molecule has 2 aliphatic rings. The molecule has 2 aromatic carbocycles. The fourth-order valence-corrected chi connectivity index (χ4v) is 6.86. The average molecular weight is 516 g/mol. The molecule has 0 radical (unpaired) electrons. The van der Waals surface area contributed by atoms with Crippen LogP contribution in [-0.2, 0) is 11.3 Å². The molecule has 5 nitrogen and oxygen atoms in total. The number of thiophene rings is 1. The van der Waals surface area contributed by atoms with Crippen LogP contribution in [0.1, 0.15) is 77.3 Å². The van der Waals surface area contributed by atoms with E-state index in [0.29, 0.717) is 12.1 Å². The summed E-state index contributed by atoms with van der Waals surface area (Å²) in [7, 11) is 0. The van der Waals surface area contributed by atoms with Gasteiger partial charge in [0.15, 0.2) is 0 Å². The first kappa shape index (κ1) is 25.7. The summed E-state index contributed by atoms with van der Waals surface area (Å²) in [6.07, 6.45) is 5.19. The smallest absolute Gasteiger partial charge is 0.254 e. The van der Waals surface area contributed by atoms with Crippen molar-refractivity contribution in [3.63, 3.8) is 0 Å². The molecule has 0 spiro atoms. The van der Waals surface area contributed by atoms with Crippen LogP contribution in [-0.4, -0.2) is 47.3 Å². The van der Waals surface area contributed by atoms with Crippen LogP contribution in [0.3, 0.4) is 0 Å². The van der Waals surface area contributed by atoms with Crippen LogP contribution in [0.15, 0.2) is 72.1 Å². The number of benzene rings is 2. The largest absolute Gasteiger partial charge is 0.355 e. The van der Waals surface area contributed by atoms with Gasteiger partial charge in [-0.1, -0.05) is 74.4 Å². The minimum Gasteiger partial charge on any atom is -0.355 e. The quantitative estimate of drug-likeness (QED) is 0.337. The van der Waals surface area contributed by atoms with Crippen molar-refractivity contribution in [1.82, 2.24) is 15.1 Å². The molecule has 5 rings (SSSR count). The summed E-state index contributed by atoms with van der Waals surface area (Å²) in [6.45, 7) is 5.62. The number of hydrogen-bond acceptors (Lipinski definition) is 4. The van der Waals surface area contributed by atoms with Crippen molar-refractivity contribution in [2.75, 3.05) is 19.6 Å². The average Bonchev–Trinajstić information content (AvgIpc) is 3.66. The van der Waals surface area contributed by atoms with Gasteiger partial charge in [0.05, 0.1) is 12.0 Å². The maximum Gasteiger partial charge on any atom is 0.254 e. The lowest BCUT2D eigenvalue weighted by Gasteiger charge is -2.44. The number of nitrogens with one attached hydrogen (secondary N) is 1. The summed E-state index contributed by atoms with van der Waals surface area (Å²) in [5.74, 6) is -0.309. The van der Waals surface area contributed by atoms with Crippen molar-refractivity contribution in [2.24, 2.45) is 0 Å². The van der Waals surface area contributed by atoms with Gasteiger partial charge in [-0.05, 0) is 54.4 Å². The molecular formula is C31H37N3O2S. The van der Waals surface area contributed by atoms with Crippen molar-refractivity contribution in [3.05, 3.63) is 93.7 Å². The Hall–Kier alpha value is -2.96. The van der Waals surface area contributed by atoms with Crippen LogP contribution in [0, 0.1) is 0 Å². The Kier molecular flexibility index (Phi) is 8.37. The van der Waals surface area contributed by atoms with Gasteiger partial charge in [-0.3, -0.25) is 14.5 Å². The predicted molar refractivity (Wildman–Crippen MR) is 150 cm³/mol. The minimum atomic E-state index is -0.403. The molecule has 2 heterocycles. The normalized spacial score (nSPS) is 19.8. The van der Waals surface area contributed by atoms with Crippen molar-refractivity contribution >= 4 is 23.2 Å². The van der Waals surface area contributed by atoms with E-state index in [1.807, 2.05) is 41.8 Å². The standard InChI is InChI=1S/C31H37N3O2S/c1-2-33(22-23-12-4-3-5-13-23)20-11-19-32-30(35)28-25-16-8-9-17-26(25)31(36)34(24-14-6-7-15-24)29(28)27-18-10-21-37-27/h3-5,8-10,12-13,16-18,21,24,28-29H,2,6-7,11,14-15,19-20,22H2,1H3,(H,32,35)/t28-,29-/m1/s1. The Morgan fingerprint density at radius 1 is 1.03 bits per heavy atom. The highest BCUT2D eigenvalue weighted by atomic mass is 32.1. The van der Waals surface area contributed by atoms with E-state index in [4.69, 9.17) is 0 Å². The molecule has 0 bridgehead atoms. The molecule has 1 aromatic heterocycles. The first-order valence-electron chi connectivity index (χ1n) is 13.7. The first-order chi connectivity index (χ1) is 18.2. The van der Waals surface area contributed by atoms with Crippen molar-refractivity contribution in [2.45, 2.75) is 63.6 Å². The molecule has 1 aliphatic heterocycles. The lowest BCUT2D eigenvalue weighted by Crippen LogP contribution is -2.50. The molecule has 1 fully saturated rings. The van der Waals surface area contributed by atoms with E-state index in [-0.39, 0.29) is 23.9 Å². The number of carbonyl (C=O) groups is 2. The third-order valence-electron chi connectivity index (χ3n) is 7.86. The Balaban J connectivity index is 1.32. The fraction of sp³-hybridized carbons (Fsp3) is 0.419. The summed E-state index contributed by atoms with van der Waals surface area (Å²) >= 11 is 1.65. The van der Waals surface area contributed by atoms with Crippen LogP contribution in [0.25, 0.3) is 0 Å². The molecule has 37 heavy (non-hydrogen) atoms. The lowest BCUT2D eigenvalue weighted by molar-refractivity contribution is -0.124. The summed E-state index contributed by atoms with van der Waals surface area (Å²) in [6, 6.07) is 22.3. The van der Waals surface area contributed by atoms with Gasteiger partial charge in [0.25, 0.3) is 5.91 Å². The van der Waals surface area contributed by atoms with Crippen molar-refractivity contribution in [1.29, 1.82) is 0 Å². The molecule has 2 atom stereocenters. The van der Waals surface area contributed by atoms with Crippen LogP contribution < -0.4 is 5.32 Å². The Labute approximate surface area is 224 Å². The lowest BCUT2D eigenvalue weighted by atomic mass is 9.80. The highest BCUT2D eigenvalue weighted by Crippen LogP contribution is 2.47. The number of carbonyl (C=O) groups excluding carboxylic acids is 2. The zero-order valence-electron chi connectivity index (χ0n) is 21.6. The van der Waals surface area contributed by atoms with Gasteiger partial charge >= 0.3 is 0 Å². The third kappa shape index (κ3) is 5.65. The molecule has 6 heteroatoms. The van der Waals surface area contributed by atoms with Gasteiger partial charge < -0.3 is 10.2 Å². The van der Waals surface area contributed by atoms with Crippen LogP contribution in [0.4, 0.5) is 0 Å². The zero-order valence-corrected chi connectivity index (χ0v) is 22.5. The highest BCUT2D eigenvalue weighted by Gasteiger charge is 2.47. The fourth-order valence-electron chi connectivity index (χ4n) is 5.99. The van der Waals surface area contributed by atoms with Gasteiger partial charge in [0, 0.05) is 36.1 Å². The van der Waals surface area contributed by atoms with Gasteiger partial charge in [-0.2, -0.15) is 0 Å². The summed E-state index contributed by atoms with van der Waals surface area (Å²) in [4.78, 5) is 33.2. The molecule has 1 aliphatic carbocycles. The summed E-state index contributed by atoms with van der Waals surface area (Å²) in [5.41, 5.74) is 2.85. The SMILES string of the molecule is CCN(CCCNC(=O)[C@@H]1c2ccccc2C(=O)N(C2CCCC2)[C@@H]1c1cccs1)Cc1ccccc1. The van der Waals surface area contributed by atoms with Gasteiger partial charge in [-0.25, -0.2) is 0 Å². The van der Waals surface area contributed by atoms with Gasteiger partial charge in [-0.15, -0.1) is 11.3 Å². The Morgan fingerprint density at radius 2 is 1.78 bits per heavy atom. The first-order valence-corrected chi connectivity index (χ1v) is 14.5. The number of nitrogens with zero attached hydrogens (tertiary/aromatic N) is 2. The number of rotatable bonds is 10. The molecule has 0 unspecified atom stereocenters. The third-order valence-corrected chi connectivity index (χ3v) is 8.80. The van der Waals surface area contributed by atoms with Crippen molar-refractivity contribution in [3.8, 4) is 0 Å². The second-order valence-corrected chi connectivity index (χ2v) is 11.2. The monoisotopic (exact) mass is 515 g/mol. The molecule has 1 N–H and O–H groups in total. The molecule has 194 valence electrons. The van der Waals surface area contributed by atoms with E-state index in [9.17, 15) is 9.59 Å². The second kappa shape index (κ2) is 12.1. The van der Waals surface area contributed by atoms with E-state index in [2.05, 4.69) is 52.4 Å². The number of amides is 2. The minimum absolute atomic E-state index is 0.0208. The van der Waals surface area contributed by atoms with Crippen LogP contribution in [0.2, 0.25) is 0 Å². The maximum atomic E-state index is 13.9. The topological polar surface area (TPSA) is 52.7 Å². The Morgan fingerprint density at radius 3 is 2.51 bits per heavy atom. The molecular weight excluding hydrogens is 478 g/mol. The maximum absolute atomic E-state index is 13.9. The molecule has 1 saturated carbocycles. The summed E-state index contributed by atoms with van der Waals surface area (Å²) in [5, 5.41) is 5.31. The summed E-state index contributed by atoms with van der Waals surface area (Å²) < 4.78 is 0.